The fraction of sp³-hybridized carbons (Fsp3) is 0.625. The third-order valence-electron chi connectivity index (χ3n) is 9.12. The van der Waals surface area contributed by atoms with Crippen LogP contribution < -0.4 is 4.57 Å². The third kappa shape index (κ3) is 12.9. The fourth-order valence-corrected chi connectivity index (χ4v) is 6.46. The monoisotopic (exact) mass is 571 g/mol. The predicted molar refractivity (Wildman–Crippen MR) is 182 cm³/mol. The van der Waals surface area contributed by atoms with E-state index in [1.54, 1.807) is 0 Å². The number of benzene rings is 2. The lowest BCUT2D eigenvalue weighted by Crippen LogP contribution is -2.37. The van der Waals surface area contributed by atoms with Gasteiger partial charge in [0.1, 0.15) is 11.9 Å². The maximum absolute atomic E-state index is 2.73. The maximum atomic E-state index is 2.73. The Hall–Kier alpha value is -2.35. The molecule has 2 aromatic carbocycles. The van der Waals surface area contributed by atoms with Gasteiger partial charge in [0.25, 0.3) is 5.82 Å². The van der Waals surface area contributed by atoms with E-state index in [4.69, 9.17) is 0 Å². The van der Waals surface area contributed by atoms with E-state index in [2.05, 4.69) is 96.8 Å². The highest BCUT2D eigenvalue weighted by Crippen LogP contribution is 2.23. The molecule has 1 unspecified atom stereocenters. The Morgan fingerprint density at radius 3 is 1.67 bits per heavy atom. The standard InChI is InChI=1S/C40H63N2/c1-4-6-8-10-11-12-13-14-15-16-17-18-26-32-42-39(33-36(3)38-29-23-20-24-30-38)35-41(31-25-9-7-5-2)40(42)34-37-27-21-19-22-28-37/h19-24,27-30,35-36H,4-18,25-26,31-34H2,1-3H3/q+1. The minimum Gasteiger partial charge on any atom is -0.234 e. The molecule has 1 atom stereocenters. The highest BCUT2D eigenvalue weighted by atomic mass is 15.2. The zero-order valence-corrected chi connectivity index (χ0v) is 27.7. The summed E-state index contributed by atoms with van der Waals surface area (Å²) in [5.41, 5.74) is 4.39. The molecule has 0 N–H and O–H groups in total. The van der Waals surface area contributed by atoms with E-state index in [0.717, 1.165) is 25.9 Å². The number of unbranched alkanes of at least 4 members (excludes halogenated alkanes) is 15. The summed E-state index contributed by atoms with van der Waals surface area (Å²) in [5, 5.41) is 0. The molecule has 3 aromatic rings. The molecule has 0 aliphatic rings. The first kappa shape index (κ1) is 34.1. The number of imidazole rings is 1. The van der Waals surface area contributed by atoms with Crippen LogP contribution in [0.1, 0.15) is 158 Å². The molecule has 0 amide bonds. The van der Waals surface area contributed by atoms with Crippen LogP contribution in [0, 0.1) is 0 Å². The lowest BCUT2D eigenvalue weighted by molar-refractivity contribution is -0.704. The van der Waals surface area contributed by atoms with Crippen LogP contribution in [0.3, 0.4) is 0 Å². The summed E-state index contributed by atoms with van der Waals surface area (Å²) in [6.07, 6.45) is 28.2. The van der Waals surface area contributed by atoms with Gasteiger partial charge in [0.2, 0.25) is 0 Å². The lowest BCUT2D eigenvalue weighted by atomic mass is 9.96. The summed E-state index contributed by atoms with van der Waals surface area (Å²) in [5.74, 6) is 2.02. The maximum Gasteiger partial charge on any atom is 0.261 e. The Morgan fingerprint density at radius 2 is 1.10 bits per heavy atom. The number of hydrogen-bond acceptors (Lipinski definition) is 0. The van der Waals surface area contributed by atoms with Gasteiger partial charge in [-0.3, -0.25) is 0 Å². The molecule has 2 heteroatoms. The zero-order valence-electron chi connectivity index (χ0n) is 27.7. The van der Waals surface area contributed by atoms with Crippen molar-refractivity contribution in [2.75, 3.05) is 0 Å². The molecule has 1 heterocycles. The van der Waals surface area contributed by atoms with Crippen molar-refractivity contribution in [2.45, 2.75) is 162 Å². The molecular weight excluding hydrogens is 508 g/mol. The Morgan fingerprint density at radius 1 is 0.595 bits per heavy atom. The first-order valence-electron chi connectivity index (χ1n) is 17.9. The molecule has 0 saturated carbocycles. The first-order valence-corrected chi connectivity index (χ1v) is 17.9. The molecule has 0 radical (unpaired) electrons. The summed E-state index contributed by atoms with van der Waals surface area (Å²) in [6.45, 7) is 9.31. The number of nitrogens with zero attached hydrogens (tertiary/aromatic N) is 2. The molecule has 0 fully saturated rings. The Bertz CT molecular complexity index is 1050. The van der Waals surface area contributed by atoms with Crippen molar-refractivity contribution in [3.63, 3.8) is 0 Å². The summed E-state index contributed by atoms with van der Waals surface area (Å²) < 4.78 is 5.35. The van der Waals surface area contributed by atoms with Crippen molar-refractivity contribution in [1.82, 2.24) is 4.57 Å². The molecule has 1 aromatic heterocycles. The number of aryl methyl sites for hydroxylation is 1. The van der Waals surface area contributed by atoms with E-state index in [0.29, 0.717) is 5.92 Å². The molecule has 0 bridgehead atoms. The molecule has 232 valence electrons. The normalized spacial score (nSPS) is 12.2. The van der Waals surface area contributed by atoms with Gasteiger partial charge in [-0.05, 0) is 42.7 Å². The average Bonchev–Trinajstić information content (AvgIpc) is 3.33. The van der Waals surface area contributed by atoms with E-state index >= 15 is 0 Å². The fourth-order valence-electron chi connectivity index (χ4n) is 6.46. The van der Waals surface area contributed by atoms with E-state index in [-0.39, 0.29) is 0 Å². The van der Waals surface area contributed by atoms with Gasteiger partial charge < -0.3 is 0 Å². The summed E-state index contributed by atoms with van der Waals surface area (Å²) in [4.78, 5) is 0. The second kappa shape index (κ2) is 21.4. The zero-order chi connectivity index (χ0) is 29.7. The molecule has 2 nitrogen and oxygen atoms in total. The largest absolute Gasteiger partial charge is 0.261 e. The molecule has 0 aliphatic carbocycles. The Balaban J connectivity index is 1.61. The van der Waals surface area contributed by atoms with Gasteiger partial charge in [-0.2, -0.15) is 0 Å². The van der Waals surface area contributed by atoms with Crippen LogP contribution in [0.15, 0.2) is 66.9 Å². The molecule has 3 rings (SSSR count). The van der Waals surface area contributed by atoms with Crippen molar-refractivity contribution in [1.29, 1.82) is 0 Å². The summed E-state index contributed by atoms with van der Waals surface area (Å²) >= 11 is 0. The molecule has 0 spiro atoms. The minimum atomic E-state index is 0.518. The van der Waals surface area contributed by atoms with Crippen molar-refractivity contribution in [3.05, 3.63) is 89.5 Å². The van der Waals surface area contributed by atoms with Crippen LogP contribution >= 0.6 is 0 Å². The van der Waals surface area contributed by atoms with Crippen molar-refractivity contribution in [2.24, 2.45) is 0 Å². The van der Waals surface area contributed by atoms with Gasteiger partial charge >= 0.3 is 0 Å². The lowest BCUT2D eigenvalue weighted by Gasteiger charge is -2.12. The minimum absolute atomic E-state index is 0.518. The molecule has 0 aliphatic heterocycles. The van der Waals surface area contributed by atoms with Gasteiger partial charge in [0.05, 0.1) is 19.5 Å². The van der Waals surface area contributed by atoms with Crippen LogP contribution in [-0.4, -0.2) is 4.57 Å². The Labute approximate surface area is 260 Å². The molecular formula is C40H63N2+. The highest BCUT2D eigenvalue weighted by molar-refractivity contribution is 5.22. The average molecular weight is 572 g/mol. The van der Waals surface area contributed by atoms with Crippen LogP contribution in [-0.2, 0) is 25.9 Å². The van der Waals surface area contributed by atoms with Crippen molar-refractivity contribution >= 4 is 0 Å². The van der Waals surface area contributed by atoms with Gasteiger partial charge in [0.15, 0.2) is 0 Å². The SMILES string of the molecule is CCCCCCCCCCCCCCCn1c(CC(C)c2ccccc2)c[n+](CCCCCC)c1Cc1ccccc1. The van der Waals surface area contributed by atoms with E-state index in [1.165, 1.54) is 132 Å². The quantitative estimate of drug-likeness (QED) is 0.0747. The second-order valence-electron chi connectivity index (χ2n) is 12.9. The summed E-state index contributed by atoms with van der Waals surface area (Å²) in [6, 6.07) is 22.2. The van der Waals surface area contributed by atoms with Crippen molar-refractivity contribution in [3.8, 4) is 0 Å². The highest BCUT2D eigenvalue weighted by Gasteiger charge is 2.25. The Kier molecular flexibility index (Phi) is 17.4. The predicted octanol–water partition coefficient (Wildman–Crippen LogP) is 11.4. The topological polar surface area (TPSA) is 8.81 Å². The summed E-state index contributed by atoms with van der Waals surface area (Å²) in [7, 11) is 0. The van der Waals surface area contributed by atoms with Gasteiger partial charge in [0, 0.05) is 6.42 Å². The van der Waals surface area contributed by atoms with E-state index < -0.39 is 0 Å². The smallest absolute Gasteiger partial charge is 0.234 e. The third-order valence-corrected chi connectivity index (χ3v) is 9.12. The number of aromatic nitrogens is 2. The van der Waals surface area contributed by atoms with Crippen LogP contribution in [0.2, 0.25) is 0 Å². The van der Waals surface area contributed by atoms with Gasteiger partial charge in [-0.25, -0.2) is 9.13 Å². The first-order chi connectivity index (χ1) is 20.7. The van der Waals surface area contributed by atoms with Crippen molar-refractivity contribution < 1.29 is 4.57 Å². The van der Waals surface area contributed by atoms with E-state index in [1.807, 2.05) is 0 Å². The molecule has 42 heavy (non-hydrogen) atoms. The van der Waals surface area contributed by atoms with Crippen LogP contribution in [0.5, 0.6) is 0 Å². The van der Waals surface area contributed by atoms with E-state index in [9.17, 15) is 0 Å². The van der Waals surface area contributed by atoms with Crippen LogP contribution in [0.4, 0.5) is 0 Å². The number of hydrogen-bond donors (Lipinski definition) is 0. The number of rotatable bonds is 24. The van der Waals surface area contributed by atoms with Gasteiger partial charge in [-0.1, -0.05) is 165 Å². The molecule has 0 saturated heterocycles. The van der Waals surface area contributed by atoms with Crippen LogP contribution in [0.25, 0.3) is 0 Å². The van der Waals surface area contributed by atoms with Gasteiger partial charge in [-0.15, -0.1) is 0 Å². The second-order valence-corrected chi connectivity index (χ2v) is 12.9.